The fraction of sp³-hybridized carbons (Fsp3) is 0.571. The number of para-hydroxylation sites is 1. The van der Waals surface area contributed by atoms with E-state index in [0.29, 0.717) is 35.5 Å². The first kappa shape index (κ1) is 37.6. The molecule has 1 aliphatic heterocycles. The van der Waals surface area contributed by atoms with Crippen molar-refractivity contribution in [1.29, 1.82) is 0 Å². The van der Waals surface area contributed by atoms with Crippen LogP contribution in [0.2, 0.25) is 0 Å². The highest BCUT2D eigenvalue weighted by atomic mass is 15.2. The molecule has 0 bridgehead atoms. The molecule has 0 radical (unpaired) electrons. The lowest BCUT2D eigenvalue weighted by molar-refractivity contribution is -0.743. The zero-order valence-corrected chi connectivity index (χ0v) is 34.0. The quantitative estimate of drug-likeness (QED) is 0.0680. The van der Waals surface area contributed by atoms with E-state index in [1.54, 1.807) is 16.7 Å². The minimum atomic E-state index is 0.0612. The summed E-state index contributed by atoms with van der Waals surface area (Å²) in [6.07, 6.45) is 16.1. The monoisotopic (exact) mass is 686 g/mol. The van der Waals surface area contributed by atoms with Crippen molar-refractivity contribution in [2.24, 2.45) is 23.7 Å². The SMILES string of the molecule is CCC1(CC)Cc2cccc3c4ccccc4n4c(-c5c(C(CCC(C)C)CCC(C)C)cccc5C(CCC(C)C)CCC(C)C)c[n+]1c4c23. The Kier molecular flexibility index (Phi) is 11.7. The number of fused-ring (bicyclic) bond motifs is 3. The van der Waals surface area contributed by atoms with Crippen molar-refractivity contribution in [2.45, 2.75) is 157 Å². The first-order valence-corrected chi connectivity index (χ1v) is 21.0. The predicted octanol–water partition coefficient (Wildman–Crippen LogP) is 14.2. The number of aromatic nitrogens is 2. The highest BCUT2D eigenvalue weighted by molar-refractivity contribution is 6.13. The van der Waals surface area contributed by atoms with Crippen molar-refractivity contribution in [2.75, 3.05) is 0 Å². The van der Waals surface area contributed by atoms with E-state index in [1.807, 2.05) is 0 Å². The molecule has 0 aliphatic carbocycles. The molecular weight excluding hydrogens is 617 g/mol. The van der Waals surface area contributed by atoms with Crippen LogP contribution in [0, 0.1) is 23.7 Å². The zero-order valence-electron chi connectivity index (χ0n) is 34.0. The van der Waals surface area contributed by atoms with Crippen molar-refractivity contribution in [1.82, 2.24) is 4.40 Å². The van der Waals surface area contributed by atoms with E-state index in [9.17, 15) is 0 Å². The Morgan fingerprint density at radius 1 is 0.588 bits per heavy atom. The van der Waals surface area contributed by atoms with Crippen LogP contribution in [0.1, 0.15) is 162 Å². The van der Waals surface area contributed by atoms with Gasteiger partial charge in [-0.3, -0.25) is 0 Å². The fourth-order valence-corrected chi connectivity index (χ4v) is 9.50. The summed E-state index contributed by atoms with van der Waals surface area (Å²) in [6, 6.07) is 23.9. The predicted molar refractivity (Wildman–Crippen MR) is 222 cm³/mol. The van der Waals surface area contributed by atoms with Gasteiger partial charge in [-0.1, -0.05) is 150 Å². The Hall–Kier alpha value is -3.13. The van der Waals surface area contributed by atoms with Crippen LogP contribution in [0.4, 0.5) is 0 Å². The Morgan fingerprint density at radius 3 is 1.59 bits per heavy atom. The molecule has 274 valence electrons. The summed E-state index contributed by atoms with van der Waals surface area (Å²) in [7, 11) is 0. The van der Waals surface area contributed by atoms with E-state index in [0.717, 1.165) is 19.3 Å². The third-order valence-corrected chi connectivity index (χ3v) is 12.7. The molecule has 0 atom stereocenters. The zero-order chi connectivity index (χ0) is 36.4. The number of nitrogens with zero attached hydrogens (tertiary/aromatic N) is 2. The molecule has 5 aromatic rings. The van der Waals surface area contributed by atoms with Gasteiger partial charge < -0.3 is 0 Å². The van der Waals surface area contributed by atoms with Crippen LogP contribution in [0.3, 0.4) is 0 Å². The third-order valence-electron chi connectivity index (χ3n) is 12.7. The summed E-state index contributed by atoms with van der Waals surface area (Å²) in [5.74, 6) is 3.92. The molecule has 0 saturated heterocycles. The summed E-state index contributed by atoms with van der Waals surface area (Å²) in [4.78, 5) is 0. The van der Waals surface area contributed by atoms with Gasteiger partial charge in [-0.15, -0.1) is 0 Å². The van der Waals surface area contributed by atoms with E-state index in [1.165, 1.54) is 89.9 Å². The molecule has 0 fully saturated rings. The topological polar surface area (TPSA) is 8.29 Å². The number of benzene rings is 3. The summed E-state index contributed by atoms with van der Waals surface area (Å²) in [5.41, 5.74) is 10.5. The van der Waals surface area contributed by atoms with Crippen LogP contribution in [0.15, 0.2) is 66.9 Å². The maximum Gasteiger partial charge on any atom is 0.295 e. The number of imidazole rings is 1. The minimum Gasteiger partial charge on any atom is -0.223 e. The first-order valence-electron chi connectivity index (χ1n) is 21.0. The molecule has 0 N–H and O–H groups in total. The van der Waals surface area contributed by atoms with E-state index >= 15 is 0 Å². The molecule has 6 rings (SSSR count). The Bertz CT molecular complexity index is 1860. The summed E-state index contributed by atoms with van der Waals surface area (Å²) in [6.45, 7) is 24.1. The number of hydrogen-bond donors (Lipinski definition) is 0. The van der Waals surface area contributed by atoms with Gasteiger partial charge in [0, 0.05) is 22.8 Å². The van der Waals surface area contributed by atoms with Crippen LogP contribution in [0.25, 0.3) is 38.6 Å². The minimum absolute atomic E-state index is 0.0612. The Labute approximate surface area is 311 Å². The third kappa shape index (κ3) is 7.41. The summed E-state index contributed by atoms with van der Waals surface area (Å²) < 4.78 is 5.52. The molecule has 2 heteroatoms. The van der Waals surface area contributed by atoms with Gasteiger partial charge in [0.05, 0.1) is 5.39 Å². The van der Waals surface area contributed by atoms with Gasteiger partial charge in [-0.2, -0.15) is 4.40 Å². The molecule has 3 heterocycles. The van der Waals surface area contributed by atoms with Crippen molar-refractivity contribution < 1.29 is 4.57 Å². The van der Waals surface area contributed by atoms with Crippen LogP contribution in [0.5, 0.6) is 0 Å². The fourth-order valence-electron chi connectivity index (χ4n) is 9.50. The lowest BCUT2D eigenvalue weighted by Crippen LogP contribution is -2.58. The standard InChI is InChI=1S/C49H69N2/c1-11-49(12-2)31-39-17-15-21-43-42-18-13-14-22-44(42)51-45(32-50(49)48(51)46(39)43)47-40(37(27-23-33(3)4)28-24-34(5)6)19-16-20-41(47)38(29-25-35(7)8)30-26-36(9)10/h13-22,32-38H,11-12,23-31H2,1-10H3/q+1. The Morgan fingerprint density at radius 2 is 1.08 bits per heavy atom. The van der Waals surface area contributed by atoms with Crippen LogP contribution >= 0.6 is 0 Å². The smallest absolute Gasteiger partial charge is 0.223 e. The molecule has 3 aromatic carbocycles. The second kappa shape index (κ2) is 15.9. The molecular formula is C49H69N2+. The second-order valence-electron chi connectivity index (χ2n) is 18.1. The van der Waals surface area contributed by atoms with Gasteiger partial charge >= 0.3 is 0 Å². The van der Waals surface area contributed by atoms with Gasteiger partial charge in [-0.05, 0) is 96.8 Å². The molecule has 0 spiro atoms. The van der Waals surface area contributed by atoms with E-state index in [2.05, 4.69) is 145 Å². The first-order chi connectivity index (χ1) is 24.5. The van der Waals surface area contributed by atoms with Gasteiger partial charge in [0.15, 0.2) is 5.69 Å². The molecule has 2 aromatic heterocycles. The molecule has 2 nitrogen and oxygen atoms in total. The number of rotatable bonds is 17. The highest BCUT2D eigenvalue weighted by Gasteiger charge is 2.43. The largest absolute Gasteiger partial charge is 0.295 e. The van der Waals surface area contributed by atoms with Crippen molar-refractivity contribution in [3.63, 3.8) is 0 Å². The maximum atomic E-state index is 2.78. The second-order valence-corrected chi connectivity index (χ2v) is 18.1. The lowest BCUT2D eigenvalue weighted by atomic mass is 9.77. The van der Waals surface area contributed by atoms with Crippen molar-refractivity contribution in [3.8, 4) is 11.3 Å². The van der Waals surface area contributed by atoms with Gasteiger partial charge in [0.1, 0.15) is 17.3 Å². The average Bonchev–Trinajstić information content (AvgIpc) is 3.52. The molecule has 0 amide bonds. The van der Waals surface area contributed by atoms with E-state index in [-0.39, 0.29) is 5.54 Å². The van der Waals surface area contributed by atoms with Gasteiger partial charge in [0.25, 0.3) is 5.65 Å². The molecule has 51 heavy (non-hydrogen) atoms. The van der Waals surface area contributed by atoms with Crippen LogP contribution in [-0.4, -0.2) is 4.40 Å². The maximum absolute atomic E-state index is 2.78. The van der Waals surface area contributed by atoms with E-state index in [4.69, 9.17) is 0 Å². The van der Waals surface area contributed by atoms with Crippen molar-refractivity contribution >= 4 is 27.3 Å². The normalized spacial score (nSPS) is 14.4. The molecule has 0 saturated carbocycles. The lowest BCUT2D eigenvalue weighted by Gasteiger charge is -2.32. The van der Waals surface area contributed by atoms with Gasteiger partial charge in [-0.25, -0.2) is 4.57 Å². The van der Waals surface area contributed by atoms with Gasteiger partial charge in [0.2, 0.25) is 0 Å². The number of pyridine rings is 1. The van der Waals surface area contributed by atoms with Crippen LogP contribution in [-0.2, 0) is 12.0 Å². The highest BCUT2D eigenvalue weighted by Crippen LogP contribution is 2.46. The molecule has 0 unspecified atom stereocenters. The van der Waals surface area contributed by atoms with Crippen LogP contribution < -0.4 is 4.57 Å². The van der Waals surface area contributed by atoms with E-state index < -0.39 is 0 Å². The number of hydrogen-bond acceptors (Lipinski definition) is 0. The molecule has 1 aliphatic rings. The van der Waals surface area contributed by atoms with Crippen molar-refractivity contribution in [3.05, 3.63) is 83.6 Å². The Balaban J connectivity index is 1.75. The summed E-state index contributed by atoms with van der Waals surface area (Å²) in [5, 5.41) is 4.24. The summed E-state index contributed by atoms with van der Waals surface area (Å²) >= 11 is 0. The average molecular weight is 686 g/mol.